The first-order valence-corrected chi connectivity index (χ1v) is 8.77. The van der Waals surface area contributed by atoms with Crippen LogP contribution >= 0.6 is 0 Å². The summed E-state index contributed by atoms with van der Waals surface area (Å²) in [6.07, 6.45) is 3.37. The molecule has 0 aliphatic carbocycles. The predicted molar refractivity (Wildman–Crippen MR) is 98.1 cm³/mol. The number of nitrogens with zero attached hydrogens (tertiary/aromatic N) is 3. The lowest BCUT2D eigenvalue weighted by Gasteiger charge is -2.20. The molecule has 1 aromatic carbocycles. The van der Waals surface area contributed by atoms with Crippen molar-refractivity contribution in [3.63, 3.8) is 0 Å². The molecule has 2 aromatic heterocycles. The number of nitrogens with one attached hydrogen (secondary N) is 1. The fraction of sp³-hybridized carbons (Fsp3) is 0.350. The smallest absolute Gasteiger partial charge is 0.137 e. The van der Waals surface area contributed by atoms with Gasteiger partial charge in [-0.15, -0.1) is 0 Å². The molecule has 1 N–H and O–H groups in total. The van der Waals surface area contributed by atoms with E-state index in [1.807, 2.05) is 0 Å². The lowest BCUT2D eigenvalue weighted by molar-refractivity contribution is 0.281. The van der Waals surface area contributed by atoms with Crippen LogP contribution in [0.3, 0.4) is 0 Å². The van der Waals surface area contributed by atoms with Crippen molar-refractivity contribution in [1.82, 2.24) is 19.6 Å². The highest BCUT2D eigenvalue weighted by atomic mass is 15.2. The van der Waals surface area contributed by atoms with Gasteiger partial charge in [0.2, 0.25) is 0 Å². The average molecular weight is 320 g/mol. The molecule has 0 saturated carbocycles. The average Bonchev–Trinajstić information content (AvgIpc) is 2.77. The summed E-state index contributed by atoms with van der Waals surface area (Å²) >= 11 is 0. The third-order valence-electron chi connectivity index (χ3n) is 4.73. The molecule has 3 aromatic rings. The van der Waals surface area contributed by atoms with Crippen LogP contribution in [-0.2, 0) is 6.54 Å². The quantitative estimate of drug-likeness (QED) is 0.805. The fourth-order valence-electron chi connectivity index (χ4n) is 3.45. The molecular formula is C20H24N4. The van der Waals surface area contributed by atoms with Gasteiger partial charge in [0.25, 0.3) is 0 Å². The van der Waals surface area contributed by atoms with Crippen molar-refractivity contribution in [2.75, 3.05) is 26.2 Å². The standard InChI is InChI=1S/C20H24N4/c1-16-8-12-24-18(15-23-11-5-9-21-10-13-23)20(22-19(24)14-16)17-6-3-2-4-7-17/h2-4,6-8,12,14,21H,5,9-11,13,15H2,1H3. The molecule has 0 bridgehead atoms. The van der Waals surface area contributed by atoms with Crippen LogP contribution in [0.4, 0.5) is 0 Å². The summed E-state index contributed by atoms with van der Waals surface area (Å²) in [5.41, 5.74) is 5.88. The molecule has 1 fully saturated rings. The summed E-state index contributed by atoms with van der Waals surface area (Å²) in [4.78, 5) is 7.49. The maximum atomic E-state index is 4.95. The minimum atomic E-state index is 0.941. The van der Waals surface area contributed by atoms with E-state index in [9.17, 15) is 0 Å². The zero-order chi connectivity index (χ0) is 16.4. The van der Waals surface area contributed by atoms with Gasteiger partial charge in [0, 0.05) is 31.4 Å². The molecule has 0 radical (unpaired) electrons. The van der Waals surface area contributed by atoms with Crippen LogP contribution in [0.15, 0.2) is 48.7 Å². The Morgan fingerprint density at radius 1 is 1.08 bits per heavy atom. The first-order chi connectivity index (χ1) is 11.8. The number of fused-ring (bicyclic) bond motifs is 1. The second-order valence-corrected chi connectivity index (χ2v) is 6.59. The Labute approximate surface area is 143 Å². The first-order valence-electron chi connectivity index (χ1n) is 8.77. The van der Waals surface area contributed by atoms with Gasteiger partial charge in [-0.1, -0.05) is 30.3 Å². The normalized spacial score (nSPS) is 16.4. The van der Waals surface area contributed by atoms with Gasteiger partial charge in [-0.3, -0.25) is 4.90 Å². The number of hydrogen-bond acceptors (Lipinski definition) is 3. The molecule has 4 nitrogen and oxygen atoms in total. The molecule has 24 heavy (non-hydrogen) atoms. The molecule has 4 heteroatoms. The van der Waals surface area contributed by atoms with Gasteiger partial charge in [0.1, 0.15) is 5.65 Å². The third-order valence-corrected chi connectivity index (χ3v) is 4.73. The minimum Gasteiger partial charge on any atom is -0.315 e. The van der Waals surface area contributed by atoms with Gasteiger partial charge >= 0.3 is 0 Å². The van der Waals surface area contributed by atoms with Gasteiger partial charge in [-0.25, -0.2) is 4.98 Å². The number of aryl methyl sites for hydroxylation is 1. The Balaban J connectivity index is 1.78. The van der Waals surface area contributed by atoms with Gasteiger partial charge in [-0.2, -0.15) is 0 Å². The maximum absolute atomic E-state index is 4.95. The monoisotopic (exact) mass is 320 g/mol. The number of aromatic nitrogens is 2. The van der Waals surface area contributed by atoms with E-state index in [1.165, 1.54) is 23.2 Å². The van der Waals surface area contributed by atoms with Gasteiger partial charge < -0.3 is 9.72 Å². The number of benzene rings is 1. The van der Waals surface area contributed by atoms with Gasteiger partial charge in [-0.05, 0) is 44.1 Å². The van der Waals surface area contributed by atoms with Crippen molar-refractivity contribution in [2.24, 2.45) is 0 Å². The van der Waals surface area contributed by atoms with E-state index >= 15 is 0 Å². The minimum absolute atomic E-state index is 0.941. The highest BCUT2D eigenvalue weighted by Gasteiger charge is 2.18. The van der Waals surface area contributed by atoms with Crippen LogP contribution in [0.5, 0.6) is 0 Å². The number of pyridine rings is 1. The molecule has 0 atom stereocenters. The van der Waals surface area contributed by atoms with Crippen molar-refractivity contribution in [2.45, 2.75) is 19.9 Å². The van der Waals surface area contributed by atoms with Crippen LogP contribution in [0, 0.1) is 6.92 Å². The lowest BCUT2D eigenvalue weighted by atomic mass is 10.1. The summed E-state index contributed by atoms with van der Waals surface area (Å²) in [6, 6.07) is 14.9. The maximum Gasteiger partial charge on any atom is 0.137 e. The Kier molecular flexibility index (Phi) is 4.32. The Morgan fingerprint density at radius 2 is 1.96 bits per heavy atom. The molecule has 4 rings (SSSR count). The molecule has 1 saturated heterocycles. The van der Waals surface area contributed by atoms with Gasteiger partial charge in [0.05, 0.1) is 11.4 Å². The van der Waals surface area contributed by atoms with Crippen molar-refractivity contribution in [3.05, 3.63) is 59.9 Å². The highest BCUT2D eigenvalue weighted by Crippen LogP contribution is 2.26. The summed E-state index contributed by atoms with van der Waals surface area (Å²) in [6.45, 7) is 7.48. The van der Waals surface area contributed by atoms with E-state index < -0.39 is 0 Å². The summed E-state index contributed by atoms with van der Waals surface area (Å²) in [5.74, 6) is 0. The molecule has 3 heterocycles. The number of hydrogen-bond donors (Lipinski definition) is 1. The second-order valence-electron chi connectivity index (χ2n) is 6.59. The molecular weight excluding hydrogens is 296 g/mol. The van der Waals surface area contributed by atoms with Crippen LogP contribution < -0.4 is 5.32 Å². The van der Waals surface area contributed by atoms with Crippen LogP contribution in [0.2, 0.25) is 0 Å². The zero-order valence-electron chi connectivity index (χ0n) is 14.2. The third kappa shape index (κ3) is 3.07. The van der Waals surface area contributed by atoms with Crippen molar-refractivity contribution in [3.8, 4) is 11.3 Å². The summed E-state index contributed by atoms with van der Waals surface area (Å²) in [5, 5.41) is 3.48. The van der Waals surface area contributed by atoms with E-state index in [0.29, 0.717) is 0 Å². The SMILES string of the molecule is Cc1ccn2c(CN3CCCNCC3)c(-c3ccccc3)nc2c1. The molecule has 1 aliphatic rings. The molecule has 124 valence electrons. The summed E-state index contributed by atoms with van der Waals surface area (Å²) in [7, 11) is 0. The predicted octanol–water partition coefficient (Wildman–Crippen LogP) is 3.11. The lowest BCUT2D eigenvalue weighted by Crippen LogP contribution is -2.28. The van der Waals surface area contributed by atoms with Crippen LogP contribution in [0.25, 0.3) is 16.9 Å². The molecule has 1 aliphatic heterocycles. The van der Waals surface area contributed by atoms with E-state index in [0.717, 1.165) is 44.1 Å². The van der Waals surface area contributed by atoms with E-state index in [4.69, 9.17) is 4.98 Å². The molecule has 0 unspecified atom stereocenters. The Morgan fingerprint density at radius 3 is 2.83 bits per heavy atom. The first kappa shape index (κ1) is 15.4. The number of imidazole rings is 1. The van der Waals surface area contributed by atoms with Crippen LogP contribution in [-0.4, -0.2) is 40.5 Å². The zero-order valence-corrected chi connectivity index (χ0v) is 14.2. The highest BCUT2D eigenvalue weighted by molar-refractivity contribution is 5.66. The Bertz CT molecular complexity index is 814. The largest absolute Gasteiger partial charge is 0.315 e. The van der Waals surface area contributed by atoms with Crippen LogP contribution in [0.1, 0.15) is 17.7 Å². The Hall–Kier alpha value is -2.17. The molecule has 0 amide bonds. The van der Waals surface area contributed by atoms with Crippen molar-refractivity contribution >= 4 is 5.65 Å². The van der Waals surface area contributed by atoms with Crippen molar-refractivity contribution in [1.29, 1.82) is 0 Å². The second kappa shape index (κ2) is 6.75. The fourth-order valence-corrected chi connectivity index (χ4v) is 3.45. The summed E-state index contributed by atoms with van der Waals surface area (Å²) < 4.78 is 2.26. The topological polar surface area (TPSA) is 32.6 Å². The van der Waals surface area contributed by atoms with Crippen molar-refractivity contribution < 1.29 is 0 Å². The van der Waals surface area contributed by atoms with E-state index in [-0.39, 0.29) is 0 Å². The van der Waals surface area contributed by atoms with E-state index in [2.05, 4.69) is 70.2 Å². The number of rotatable bonds is 3. The van der Waals surface area contributed by atoms with Gasteiger partial charge in [0.15, 0.2) is 0 Å². The molecule has 0 spiro atoms. The van der Waals surface area contributed by atoms with E-state index in [1.54, 1.807) is 0 Å².